The average Bonchev–Trinajstić information content (AvgIpc) is 2.42. The van der Waals surface area contributed by atoms with Crippen LogP contribution in [0.3, 0.4) is 0 Å². The zero-order valence-corrected chi connectivity index (χ0v) is 5.05. The number of hydrogen-bond donors (Lipinski definition) is 0. The summed E-state index contributed by atoms with van der Waals surface area (Å²) >= 11 is 0. The second kappa shape index (κ2) is 1.73. The van der Waals surface area contributed by atoms with Crippen LogP contribution in [0.1, 0.15) is 13.3 Å². The molecule has 0 aromatic heterocycles. The highest BCUT2D eigenvalue weighted by atomic mass is 16.1. The van der Waals surface area contributed by atoms with Gasteiger partial charge in [-0.3, -0.25) is 4.79 Å². The van der Waals surface area contributed by atoms with Gasteiger partial charge < -0.3 is 0 Å². The maximum Gasteiger partial charge on any atom is 0.133 e. The van der Waals surface area contributed by atoms with Gasteiger partial charge in [-0.05, 0) is 19.3 Å². The van der Waals surface area contributed by atoms with Gasteiger partial charge in [0.1, 0.15) is 5.78 Å². The molecule has 1 aliphatic carbocycles. The van der Waals surface area contributed by atoms with Crippen molar-refractivity contribution in [2.45, 2.75) is 13.3 Å². The molecule has 0 amide bonds. The number of hydrogen-bond acceptors (Lipinski definition) is 1. The van der Waals surface area contributed by atoms with Crippen molar-refractivity contribution in [1.82, 2.24) is 0 Å². The van der Waals surface area contributed by atoms with Gasteiger partial charge >= 0.3 is 0 Å². The van der Waals surface area contributed by atoms with Gasteiger partial charge in [-0.15, -0.1) is 6.58 Å². The Morgan fingerprint density at radius 1 is 1.88 bits per heavy atom. The van der Waals surface area contributed by atoms with E-state index in [2.05, 4.69) is 6.58 Å². The van der Waals surface area contributed by atoms with Crippen LogP contribution in [0.5, 0.6) is 0 Å². The monoisotopic (exact) mass is 110 g/mol. The molecule has 1 fully saturated rings. The Balaban J connectivity index is 2.36. The minimum atomic E-state index is 0.315. The molecule has 1 saturated carbocycles. The van der Waals surface area contributed by atoms with Gasteiger partial charge in [-0.2, -0.15) is 0 Å². The van der Waals surface area contributed by atoms with Crippen LogP contribution in [0.2, 0.25) is 0 Å². The molecule has 1 rings (SSSR count). The average molecular weight is 110 g/mol. The molecule has 0 aromatic rings. The summed E-state index contributed by atoms with van der Waals surface area (Å²) < 4.78 is 0. The van der Waals surface area contributed by atoms with E-state index in [0.29, 0.717) is 17.6 Å². The lowest BCUT2D eigenvalue weighted by molar-refractivity contribution is -0.118. The topological polar surface area (TPSA) is 17.1 Å². The minimum Gasteiger partial charge on any atom is -0.300 e. The van der Waals surface area contributed by atoms with Gasteiger partial charge in [0.15, 0.2) is 0 Å². The molecule has 0 spiro atoms. The highest BCUT2D eigenvalue weighted by Gasteiger charge is 2.37. The first-order valence-corrected chi connectivity index (χ1v) is 2.88. The molecule has 2 atom stereocenters. The van der Waals surface area contributed by atoms with E-state index in [-0.39, 0.29) is 0 Å². The number of allylic oxidation sites excluding steroid dienone is 1. The summed E-state index contributed by atoms with van der Waals surface area (Å²) in [6.07, 6.45) is 2.91. The predicted octanol–water partition coefficient (Wildman–Crippen LogP) is 1.40. The van der Waals surface area contributed by atoms with Gasteiger partial charge in [0.25, 0.3) is 0 Å². The Bertz CT molecular complexity index is 126. The molecule has 0 aromatic carbocycles. The number of carbonyl (C=O) groups is 1. The smallest absolute Gasteiger partial charge is 0.133 e. The van der Waals surface area contributed by atoms with Crippen LogP contribution in [0, 0.1) is 11.8 Å². The second-order valence-electron chi connectivity index (χ2n) is 2.35. The number of Topliss-reactive ketones (excluding diaryl/α,β-unsaturated/α-hetero) is 1. The minimum absolute atomic E-state index is 0.315. The highest BCUT2D eigenvalue weighted by molar-refractivity contribution is 5.81. The first-order valence-electron chi connectivity index (χ1n) is 2.88. The van der Waals surface area contributed by atoms with Gasteiger partial charge in [0, 0.05) is 5.92 Å². The molecule has 0 saturated heterocycles. The molecule has 0 N–H and O–H groups in total. The summed E-state index contributed by atoms with van der Waals surface area (Å²) in [6.45, 7) is 5.25. The van der Waals surface area contributed by atoms with Crippen LogP contribution in [-0.2, 0) is 4.79 Å². The second-order valence-corrected chi connectivity index (χ2v) is 2.35. The highest BCUT2D eigenvalue weighted by Crippen LogP contribution is 2.39. The van der Waals surface area contributed by atoms with E-state index in [9.17, 15) is 4.79 Å². The molecule has 0 aliphatic heterocycles. The zero-order valence-electron chi connectivity index (χ0n) is 5.05. The number of ketones is 1. The third kappa shape index (κ3) is 0.808. The van der Waals surface area contributed by atoms with Crippen LogP contribution in [0.25, 0.3) is 0 Å². The first-order chi connectivity index (χ1) is 3.75. The molecule has 0 radical (unpaired) electrons. The van der Waals surface area contributed by atoms with Crippen molar-refractivity contribution in [3.8, 4) is 0 Å². The lowest BCUT2D eigenvalue weighted by atomic mass is 10.2. The van der Waals surface area contributed by atoms with E-state index in [0.717, 1.165) is 6.42 Å². The van der Waals surface area contributed by atoms with Crippen LogP contribution < -0.4 is 0 Å². The van der Waals surface area contributed by atoms with E-state index < -0.39 is 0 Å². The van der Waals surface area contributed by atoms with Gasteiger partial charge in [0.05, 0.1) is 0 Å². The van der Waals surface area contributed by atoms with E-state index in [1.807, 2.05) is 6.08 Å². The molecule has 2 unspecified atom stereocenters. The Morgan fingerprint density at radius 2 is 2.50 bits per heavy atom. The van der Waals surface area contributed by atoms with Crippen molar-refractivity contribution >= 4 is 5.78 Å². The van der Waals surface area contributed by atoms with Crippen molar-refractivity contribution in [1.29, 1.82) is 0 Å². The maximum atomic E-state index is 10.5. The third-order valence-electron chi connectivity index (χ3n) is 1.66. The molecule has 1 aliphatic rings. The summed E-state index contributed by atoms with van der Waals surface area (Å²) in [4.78, 5) is 10.5. The molecular formula is C7H10O. The summed E-state index contributed by atoms with van der Waals surface area (Å²) in [5.41, 5.74) is 0. The number of carbonyl (C=O) groups excluding carboxylic acids is 1. The van der Waals surface area contributed by atoms with E-state index in [1.165, 1.54) is 0 Å². The van der Waals surface area contributed by atoms with Gasteiger partial charge in [-0.25, -0.2) is 0 Å². The summed E-state index contributed by atoms with van der Waals surface area (Å²) in [6, 6.07) is 0. The Hall–Kier alpha value is -0.590. The van der Waals surface area contributed by atoms with Crippen LogP contribution >= 0.6 is 0 Å². The summed E-state index contributed by atoms with van der Waals surface area (Å²) in [7, 11) is 0. The van der Waals surface area contributed by atoms with E-state index >= 15 is 0 Å². The molecule has 0 heterocycles. The van der Waals surface area contributed by atoms with Crippen molar-refractivity contribution < 1.29 is 4.79 Å². The number of rotatable bonds is 2. The first kappa shape index (κ1) is 5.54. The molecule has 8 heavy (non-hydrogen) atoms. The normalized spacial score (nSPS) is 34.1. The van der Waals surface area contributed by atoms with Crippen LogP contribution in [0.4, 0.5) is 0 Å². The lowest BCUT2D eigenvalue weighted by Gasteiger charge is -1.82. The quantitative estimate of drug-likeness (QED) is 0.491. The molecule has 0 bridgehead atoms. The summed E-state index contributed by atoms with van der Waals surface area (Å²) in [5, 5.41) is 0. The molecular weight excluding hydrogens is 100 g/mol. The molecule has 1 nitrogen and oxygen atoms in total. The van der Waals surface area contributed by atoms with Gasteiger partial charge in [0.2, 0.25) is 0 Å². The van der Waals surface area contributed by atoms with Crippen molar-refractivity contribution in [3.63, 3.8) is 0 Å². The zero-order chi connectivity index (χ0) is 6.15. The van der Waals surface area contributed by atoms with Crippen molar-refractivity contribution in [2.75, 3.05) is 0 Å². The van der Waals surface area contributed by atoms with Crippen molar-refractivity contribution in [3.05, 3.63) is 12.7 Å². The van der Waals surface area contributed by atoms with Crippen LogP contribution in [-0.4, -0.2) is 5.78 Å². The third-order valence-corrected chi connectivity index (χ3v) is 1.66. The van der Waals surface area contributed by atoms with E-state index in [1.54, 1.807) is 6.92 Å². The summed E-state index contributed by atoms with van der Waals surface area (Å²) in [5.74, 6) is 1.15. The fourth-order valence-corrected chi connectivity index (χ4v) is 0.943. The van der Waals surface area contributed by atoms with E-state index in [4.69, 9.17) is 0 Å². The molecule has 1 heteroatoms. The maximum absolute atomic E-state index is 10.5. The lowest BCUT2D eigenvalue weighted by Crippen LogP contribution is -1.92. The van der Waals surface area contributed by atoms with Gasteiger partial charge in [-0.1, -0.05) is 6.08 Å². The SMILES string of the molecule is C=CC1CC1C(C)=O. The Kier molecular flexibility index (Phi) is 1.20. The fourth-order valence-electron chi connectivity index (χ4n) is 0.943. The molecule has 44 valence electrons. The van der Waals surface area contributed by atoms with Crippen molar-refractivity contribution in [2.24, 2.45) is 11.8 Å². The van der Waals surface area contributed by atoms with Crippen LogP contribution in [0.15, 0.2) is 12.7 Å². The Labute approximate surface area is 49.4 Å². The fraction of sp³-hybridized carbons (Fsp3) is 0.571. The largest absolute Gasteiger partial charge is 0.300 e. The standard InChI is InChI=1S/C7H10O/c1-3-6-4-7(6)5(2)8/h3,6-7H,1,4H2,2H3. The Morgan fingerprint density at radius 3 is 2.62 bits per heavy atom. The predicted molar refractivity (Wildman–Crippen MR) is 32.5 cm³/mol.